The van der Waals surface area contributed by atoms with Crippen molar-refractivity contribution >= 4 is 27.5 Å². The molecule has 0 fully saturated rings. The summed E-state index contributed by atoms with van der Waals surface area (Å²) in [4.78, 5) is 28.1. The molecule has 2 amide bonds. The molecule has 2 aromatic rings. The highest BCUT2D eigenvalue weighted by atomic mass is 32.2. The van der Waals surface area contributed by atoms with Crippen LogP contribution in [0, 0.1) is 20.8 Å². The van der Waals surface area contributed by atoms with Gasteiger partial charge in [-0.25, -0.2) is 8.42 Å². The van der Waals surface area contributed by atoms with Crippen LogP contribution in [0.25, 0.3) is 0 Å². The third kappa shape index (κ3) is 8.36. The van der Waals surface area contributed by atoms with E-state index in [9.17, 15) is 18.0 Å². The Labute approximate surface area is 216 Å². The number of sulfonamides is 1. The topological polar surface area (TPSA) is 86.8 Å². The molecule has 0 aliphatic carbocycles. The van der Waals surface area contributed by atoms with Crippen LogP contribution in [0.2, 0.25) is 0 Å². The molecule has 0 aromatic heterocycles. The molecule has 2 aromatic carbocycles. The van der Waals surface area contributed by atoms with Gasteiger partial charge in [-0.1, -0.05) is 48.9 Å². The van der Waals surface area contributed by atoms with Crippen molar-refractivity contribution in [1.82, 2.24) is 10.2 Å². The van der Waals surface area contributed by atoms with E-state index in [4.69, 9.17) is 0 Å². The van der Waals surface area contributed by atoms with Gasteiger partial charge in [-0.2, -0.15) is 0 Å². The number of aryl methyl sites for hydroxylation is 3. The van der Waals surface area contributed by atoms with Crippen LogP contribution in [0.5, 0.6) is 0 Å². The van der Waals surface area contributed by atoms with Gasteiger partial charge >= 0.3 is 0 Å². The third-order valence-corrected chi connectivity index (χ3v) is 7.22. The van der Waals surface area contributed by atoms with E-state index in [2.05, 4.69) is 5.32 Å². The van der Waals surface area contributed by atoms with E-state index in [0.29, 0.717) is 25.1 Å². The lowest BCUT2D eigenvalue weighted by molar-refractivity contribution is -0.141. The maximum Gasteiger partial charge on any atom is 0.243 e. The largest absolute Gasteiger partial charge is 0.352 e. The summed E-state index contributed by atoms with van der Waals surface area (Å²) in [5.41, 5.74) is 4.48. The first kappa shape index (κ1) is 29.4. The quantitative estimate of drug-likeness (QED) is 0.451. The van der Waals surface area contributed by atoms with Crippen molar-refractivity contribution < 1.29 is 18.0 Å². The van der Waals surface area contributed by atoms with Crippen LogP contribution in [0.1, 0.15) is 62.3 Å². The first-order valence-electron chi connectivity index (χ1n) is 12.5. The number of benzene rings is 2. The Hall–Kier alpha value is -2.87. The minimum Gasteiger partial charge on any atom is -0.352 e. The molecule has 1 N–H and O–H groups in total. The predicted molar refractivity (Wildman–Crippen MR) is 146 cm³/mol. The van der Waals surface area contributed by atoms with Crippen LogP contribution in [0.15, 0.2) is 42.5 Å². The molecule has 0 aliphatic heterocycles. The van der Waals surface area contributed by atoms with Crippen molar-refractivity contribution in [2.75, 3.05) is 17.1 Å². The van der Waals surface area contributed by atoms with E-state index < -0.39 is 16.1 Å². The van der Waals surface area contributed by atoms with E-state index in [1.165, 1.54) is 10.6 Å². The van der Waals surface area contributed by atoms with Gasteiger partial charge in [0.1, 0.15) is 6.04 Å². The van der Waals surface area contributed by atoms with Crippen LogP contribution in [-0.2, 0) is 26.2 Å². The molecule has 0 saturated carbocycles. The number of anilines is 1. The molecule has 1 unspecified atom stereocenters. The second-order valence-electron chi connectivity index (χ2n) is 9.83. The van der Waals surface area contributed by atoms with Gasteiger partial charge in [-0.3, -0.25) is 13.9 Å². The van der Waals surface area contributed by atoms with Crippen molar-refractivity contribution in [1.29, 1.82) is 0 Å². The fraction of sp³-hybridized carbons (Fsp3) is 0.500. The Morgan fingerprint density at radius 1 is 1.00 bits per heavy atom. The number of hydrogen-bond acceptors (Lipinski definition) is 4. The van der Waals surface area contributed by atoms with Crippen molar-refractivity contribution in [2.45, 2.75) is 79.4 Å². The zero-order valence-corrected chi connectivity index (χ0v) is 23.5. The molecule has 0 aliphatic rings. The second-order valence-corrected chi connectivity index (χ2v) is 11.7. The standard InChI is InChI=1S/C28H41N3O4S/c1-8-25(28(33)29-20(2)3)30(19-24-12-9-11-21(4)17-24)27(32)13-10-16-31(36(7,34)35)26-18-22(5)14-15-23(26)6/h9,11-12,14-15,17-18,20,25H,8,10,13,16,19H2,1-7H3,(H,29,33). The number of amides is 2. The number of carbonyl (C=O) groups is 2. The molecule has 2 rings (SSSR count). The fourth-order valence-electron chi connectivity index (χ4n) is 4.28. The van der Waals surface area contributed by atoms with Crippen LogP contribution in [0.4, 0.5) is 5.69 Å². The summed E-state index contributed by atoms with van der Waals surface area (Å²) in [6.07, 6.45) is 2.14. The Bertz CT molecular complexity index is 1160. The SMILES string of the molecule is CCC(C(=O)NC(C)C)N(Cc1cccc(C)c1)C(=O)CCCN(c1cc(C)ccc1C)S(C)(=O)=O. The van der Waals surface area contributed by atoms with Crippen molar-refractivity contribution in [2.24, 2.45) is 0 Å². The lowest BCUT2D eigenvalue weighted by Crippen LogP contribution is -2.50. The lowest BCUT2D eigenvalue weighted by atomic mass is 10.1. The third-order valence-electron chi connectivity index (χ3n) is 6.04. The normalized spacial score (nSPS) is 12.3. The monoisotopic (exact) mass is 515 g/mol. The summed E-state index contributed by atoms with van der Waals surface area (Å²) in [5, 5.41) is 2.93. The predicted octanol–water partition coefficient (Wildman–Crippen LogP) is 4.49. The molecule has 1 atom stereocenters. The molecular formula is C28H41N3O4S. The lowest BCUT2D eigenvalue weighted by Gasteiger charge is -2.32. The molecular weight excluding hydrogens is 474 g/mol. The number of rotatable bonds is 12. The summed E-state index contributed by atoms with van der Waals surface area (Å²) >= 11 is 0. The molecule has 0 bridgehead atoms. The van der Waals surface area contributed by atoms with E-state index in [-0.39, 0.29) is 30.8 Å². The molecule has 0 spiro atoms. The van der Waals surface area contributed by atoms with Gasteiger partial charge in [0, 0.05) is 25.6 Å². The van der Waals surface area contributed by atoms with Crippen LogP contribution in [0.3, 0.4) is 0 Å². The van der Waals surface area contributed by atoms with Gasteiger partial charge in [-0.05, 0) is 70.2 Å². The number of nitrogens with zero attached hydrogens (tertiary/aromatic N) is 2. The van der Waals surface area contributed by atoms with Crippen LogP contribution >= 0.6 is 0 Å². The first-order valence-corrected chi connectivity index (χ1v) is 14.4. The summed E-state index contributed by atoms with van der Waals surface area (Å²) < 4.78 is 26.6. The number of carbonyl (C=O) groups excluding carboxylic acids is 2. The van der Waals surface area contributed by atoms with Gasteiger partial charge in [0.25, 0.3) is 0 Å². The molecule has 198 valence electrons. The maximum atomic E-state index is 13.5. The Kier molecular flexibility index (Phi) is 10.5. The van der Waals surface area contributed by atoms with Crippen LogP contribution < -0.4 is 9.62 Å². The van der Waals surface area contributed by atoms with Gasteiger partial charge in [0.15, 0.2) is 0 Å². The molecule has 0 saturated heterocycles. The Balaban J connectivity index is 2.25. The van der Waals surface area contributed by atoms with Gasteiger partial charge < -0.3 is 10.2 Å². The van der Waals surface area contributed by atoms with Crippen molar-refractivity contribution in [3.05, 3.63) is 64.7 Å². The van der Waals surface area contributed by atoms with E-state index >= 15 is 0 Å². The Morgan fingerprint density at radius 3 is 2.25 bits per heavy atom. The average Bonchev–Trinajstić information content (AvgIpc) is 2.77. The molecule has 0 heterocycles. The second kappa shape index (κ2) is 12.9. The minimum atomic E-state index is -3.53. The van der Waals surface area contributed by atoms with Gasteiger partial charge in [0.2, 0.25) is 21.8 Å². The summed E-state index contributed by atoms with van der Waals surface area (Å²) in [6.45, 7) is 12.0. The van der Waals surface area contributed by atoms with Gasteiger partial charge in [0.05, 0.1) is 11.9 Å². The summed E-state index contributed by atoms with van der Waals surface area (Å²) in [7, 11) is -3.53. The minimum absolute atomic E-state index is 0.0386. The Morgan fingerprint density at radius 2 is 1.67 bits per heavy atom. The highest BCUT2D eigenvalue weighted by Crippen LogP contribution is 2.25. The smallest absolute Gasteiger partial charge is 0.243 e. The maximum absolute atomic E-state index is 13.5. The van der Waals surface area contributed by atoms with E-state index in [0.717, 1.165) is 22.3 Å². The zero-order valence-electron chi connectivity index (χ0n) is 22.7. The van der Waals surface area contributed by atoms with E-state index in [1.54, 1.807) is 4.90 Å². The summed E-state index contributed by atoms with van der Waals surface area (Å²) in [6, 6.07) is 12.9. The molecule has 8 heteroatoms. The van der Waals surface area contributed by atoms with E-state index in [1.807, 2.05) is 84.0 Å². The van der Waals surface area contributed by atoms with Gasteiger partial charge in [-0.15, -0.1) is 0 Å². The average molecular weight is 516 g/mol. The molecule has 0 radical (unpaired) electrons. The number of hydrogen-bond donors (Lipinski definition) is 1. The van der Waals surface area contributed by atoms with Crippen LogP contribution in [-0.4, -0.2) is 50.0 Å². The fourth-order valence-corrected chi connectivity index (χ4v) is 5.29. The molecule has 36 heavy (non-hydrogen) atoms. The highest BCUT2D eigenvalue weighted by Gasteiger charge is 2.29. The number of nitrogens with one attached hydrogen (secondary N) is 1. The van der Waals surface area contributed by atoms with Crippen molar-refractivity contribution in [3.63, 3.8) is 0 Å². The highest BCUT2D eigenvalue weighted by molar-refractivity contribution is 7.92. The van der Waals surface area contributed by atoms with Crippen molar-refractivity contribution in [3.8, 4) is 0 Å². The zero-order chi connectivity index (χ0) is 27.0. The first-order chi connectivity index (χ1) is 16.8. The summed E-state index contributed by atoms with van der Waals surface area (Å²) in [5.74, 6) is -0.349. The molecule has 7 nitrogen and oxygen atoms in total.